The van der Waals surface area contributed by atoms with E-state index in [-0.39, 0.29) is 6.04 Å². The number of benzene rings is 2. The molecule has 2 atom stereocenters. The first-order chi connectivity index (χ1) is 13.7. The monoisotopic (exact) mass is 421 g/mol. The number of halogens is 3. The quantitative estimate of drug-likeness (QED) is 0.593. The fraction of sp³-hybridized carbons (Fsp3) is 0.409. The van der Waals surface area contributed by atoms with E-state index in [1.54, 1.807) is 0 Å². The van der Waals surface area contributed by atoms with E-state index in [9.17, 15) is 13.2 Å². The van der Waals surface area contributed by atoms with Crippen LogP contribution in [-0.2, 0) is 6.18 Å². The van der Waals surface area contributed by atoms with Gasteiger partial charge in [0.15, 0.2) is 5.11 Å². The Hall–Kier alpha value is -2.28. The number of piperidine rings is 1. The van der Waals surface area contributed by atoms with Crippen LogP contribution >= 0.6 is 12.2 Å². The van der Waals surface area contributed by atoms with Gasteiger partial charge < -0.3 is 15.5 Å². The Morgan fingerprint density at radius 2 is 1.76 bits per heavy atom. The highest BCUT2D eigenvalue weighted by molar-refractivity contribution is 7.80. The molecule has 3 nitrogen and oxygen atoms in total. The minimum atomic E-state index is -4.34. The van der Waals surface area contributed by atoms with Gasteiger partial charge in [-0.1, -0.05) is 19.1 Å². The van der Waals surface area contributed by atoms with Gasteiger partial charge in [0, 0.05) is 24.5 Å². The van der Waals surface area contributed by atoms with E-state index >= 15 is 0 Å². The molecule has 29 heavy (non-hydrogen) atoms. The second kappa shape index (κ2) is 9.03. The van der Waals surface area contributed by atoms with E-state index in [0.29, 0.717) is 10.8 Å². The third kappa shape index (κ3) is 5.85. The highest BCUT2D eigenvalue weighted by Crippen LogP contribution is 2.30. The number of nitrogens with one attached hydrogen (secondary N) is 2. The molecule has 2 N–H and O–H groups in total. The molecule has 0 amide bonds. The molecule has 1 aliphatic heterocycles. The van der Waals surface area contributed by atoms with E-state index in [1.807, 2.05) is 6.92 Å². The number of thiocarbonyl (C=S) groups is 1. The van der Waals surface area contributed by atoms with Crippen molar-refractivity contribution < 1.29 is 13.2 Å². The van der Waals surface area contributed by atoms with Gasteiger partial charge in [0.25, 0.3) is 0 Å². The van der Waals surface area contributed by atoms with E-state index in [0.717, 1.165) is 36.7 Å². The van der Waals surface area contributed by atoms with Crippen LogP contribution in [0.1, 0.15) is 43.9 Å². The minimum Gasteiger partial charge on any atom is -0.371 e. The maximum absolute atomic E-state index is 12.6. The SMILES string of the molecule is C[C@@H]1CCCN(c2ccc([C@H](C)NC(=S)Nc3ccc(C(F)(F)F)cc3)cc2)C1. The zero-order chi connectivity index (χ0) is 21.0. The first-order valence-electron chi connectivity index (χ1n) is 9.82. The lowest BCUT2D eigenvalue weighted by Gasteiger charge is -2.33. The summed E-state index contributed by atoms with van der Waals surface area (Å²) in [5, 5.41) is 6.48. The van der Waals surface area contributed by atoms with Gasteiger partial charge in [0.05, 0.1) is 11.6 Å². The van der Waals surface area contributed by atoms with Crippen LogP contribution in [-0.4, -0.2) is 18.2 Å². The summed E-state index contributed by atoms with van der Waals surface area (Å²) < 4.78 is 37.9. The summed E-state index contributed by atoms with van der Waals surface area (Å²) in [6, 6.07) is 13.2. The fourth-order valence-electron chi connectivity index (χ4n) is 3.59. The van der Waals surface area contributed by atoms with Gasteiger partial charge in [-0.05, 0) is 79.9 Å². The molecule has 0 aliphatic carbocycles. The molecule has 0 unspecified atom stereocenters. The van der Waals surface area contributed by atoms with Crippen LogP contribution in [0.2, 0.25) is 0 Å². The third-order valence-electron chi connectivity index (χ3n) is 5.23. The Kier molecular flexibility index (Phi) is 6.67. The molecule has 0 saturated carbocycles. The predicted molar refractivity (Wildman–Crippen MR) is 116 cm³/mol. The molecule has 0 radical (unpaired) electrons. The van der Waals surface area contributed by atoms with Crippen molar-refractivity contribution in [3.05, 3.63) is 59.7 Å². The maximum Gasteiger partial charge on any atom is 0.416 e. The number of anilines is 2. The molecule has 3 rings (SSSR count). The number of hydrogen-bond donors (Lipinski definition) is 2. The van der Waals surface area contributed by atoms with Gasteiger partial charge in [-0.25, -0.2) is 0 Å². The molecule has 0 aromatic heterocycles. The summed E-state index contributed by atoms with van der Waals surface area (Å²) in [5.74, 6) is 0.720. The normalized spacial score (nSPS) is 18.2. The smallest absolute Gasteiger partial charge is 0.371 e. The Morgan fingerprint density at radius 3 is 2.34 bits per heavy atom. The predicted octanol–water partition coefficient (Wildman–Crippen LogP) is 5.99. The first kappa shape index (κ1) is 21.4. The van der Waals surface area contributed by atoms with Gasteiger partial charge in [0.1, 0.15) is 0 Å². The van der Waals surface area contributed by atoms with Gasteiger partial charge in [0.2, 0.25) is 0 Å². The molecule has 1 fully saturated rings. The largest absolute Gasteiger partial charge is 0.416 e. The second-order valence-corrected chi connectivity index (χ2v) is 8.09. The molecule has 1 aliphatic rings. The molecule has 7 heteroatoms. The topological polar surface area (TPSA) is 27.3 Å². The number of nitrogens with zero attached hydrogens (tertiary/aromatic N) is 1. The summed E-state index contributed by atoms with van der Waals surface area (Å²) in [4.78, 5) is 2.42. The minimum absolute atomic E-state index is 0.0289. The van der Waals surface area contributed by atoms with E-state index in [1.165, 1.54) is 30.7 Å². The molecule has 1 saturated heterocycles. The summed E-state index contributed by atoms with van der Waals surface area (Å²) in [5.41, 5.74) is 2.16. The second-order valence-electron chi connectivity index (χ2n) is 7.68. The fourth-order valence-corrected chi connectivity index (χ4v) is 3.88. The number of alkyl halides is 3. The molecular weight excluding hydrogens is 395 g/mol. The van der Waals surface area contributed by atoms with Crippen LogP contribution < -0.4 is 15.5 Å². The summed E-state index contributed by atoms with van der Waals surface area (Å²) in [7, 11) is 0. The van der Waals surface area contributed by atoms with E-state index < -0.39 is 11.7 Å². The average molecular weight is 422 g/mol. The van der Waals surface area contributed by atoms with Crippen molar-refractivity contribution in [1.82, 2.24) is 5.32 Å². The number of hydrogen-bond acceptors (Lipinski definition) is 2. The van der Waals surface area contributed by atoms with Crippen molar-refractivity contribution in [3.63, 3.8) is 0 Å². The van der Waals surface area contributed by atoms with Gasteiger partial charge >= 0.3 is 6.18 Å². The molecule has 2 aromatic rings. The molecule has 2 aromatic carbocycles. The maximum atomic E-state index is 12.6. The molecule has 0 spiro atoms. The summed E-state index contributed by atoms with van der Waals surface area (Å²) in [6.45, 7) is 6.47. The molecule has 1 heterocycles. The first-order valence-corrected chi connectivity index (χ1v) is 10.2. The molecule has 156 valence electrons. The standard InChI is InChI=1S/C22H26F3N3S/c1-15-4-3-13-28(14-15)20-11-5-17(6-12-20)16(2)26-21(29)27-19-9-7-18(8-10-19)22(23,24)25/h5-12,15-16H,3-4,13-14H2,1-2H3,(H2,26,27,29)/t15-,16+/m1/s1. The molecule has 0 bridgehead atoms. The lowest BCUT2D eigenvalue weighted by atomic mass is 9.99. The van der Waals surface area contributed by atoms with Crippen molar-refractivity contribution in [2.75, 3.05) is 23.3 Å². The zero-order valence-electron chi connectivity index (χ0n) is 16.6. The van der Waals surface area contributed by atoms with Crippen molar-refractivity contribution >= 4 is 28.7 Å². The Labute approximate surface area is 175 Å². The van der Waals surface area contributed by atoms with Gasteiger partial charge in [-0.3, -0.25) is 0 Å². The third-order valence-corrected chi connectivity index (χ3v) is 5.45. The lowest BCUT2D eigenvalue weighted by molar-refractivity contribution is -0.137. The van der Waals surface area contributed by atoms with Crippen molar-refractivity contribution in [3.8, 4) is 0 Å². The average Bonchev–Trinajstić information content (AvgIpc) is 2.67. The highest BCUT2D eigenvalue weighted by atomic mass is 32.1. The van der Waals surface area contributed by atoms with Crippen molar-refractivity contribution in [2.24, 2.45) is 5.92 Å². The van der Waals surface area contributed by atoms with Crippen LogP contribution in [0.3, 0.4) is 0 Å². The van der Waals surface area contributed by atoms with Crippen molar-refractivity contribution in [1.29, 1.82) is 0 Å². The van der Waals surface area contributed by atoms with Gasteiger partial charge in [-0.15, -0.1) is 0 Å². The van der Waals surface area contributed by atoms with Crippen LogP contribution in [0, 0.1) is 5.92 Å². The van der Waals surface area contributed by atoms with E-state index in [2.05, 4.69) is 46.7 Å². The van der Waals surface area contributed by atoms with Gasteiger partial charge in [-0.2, -0.15) is 13.2 Å². The summed E-state index contributed by atoms with van der Waals surface area (Å²) >= 11 is 5.31. The zero-order valence-corrected chi connectivity index (χ0v) is 17.4. The Bertz CT molecular complexity index is 819. The summed E-state index contributed by atoms with van der Waals surface area (Å²) in [6.07, 6.45) is -1.83. The highest BCUT2D eigenvalue weighted by Gasteiger charge is 2.30. The van der Waals surface area contributed by atoms with E-state index in [4.69, 9.17) is 12.2 Å². The molecular formula is C22H26F3N3S. The Balaban J connectivity index is 1.55. The van der Waals surface area contributed by atoms with Crippen LogP contribution in [0.5, 0.6) is 0 Å². The van der Waals surface area contributed by atoms with Crippen LogP contribution in [0.4, 0.5) is 24.5 Å². The van der Waals surface area contributed by atoms with Crippen LogP contribution in [0.25, 0.3) is 0 Å². The van der Waals surface area contributed by atoms with Crippen LogP contribution in [0.15, 0.2) is 48.5 Å². The number of rotatable bonds is 4. The van der Waals surface area contributed by atoms with Crippen molar-refractivity contribution in [2.45, 2.75) is 38.9 Å². The Morgan fingerprint density at radius 1 is 1.10 bits per heavy atom. The lowest BCUT2D eigenvalue weighted by Crippen LogP contribution is -2.34.